The molecule has 1 aromatic carbocycles. The van der Waals surface area contributed by atoms with Crippen LogP contribution in [0.1, 0.15) is 36.2 Å². The van der Waals surface area contributed by atoms with Crippen molar-refractivity contribution in [3.05, 3.63) is 40.4 Å². The number of urea groups is 1. The van der Waals surface area contributed by atoms with Crippen LogP contribution in [0.2, 0.25) is 5.82 Å². The van der Waals surface area contributed by atoms with Gasteiger partial charge in [-0.1, -0.05) is 18.2 Å². The highest BCUT2D eigenvalue weighted by Gasteiger charge is 2.38. The lowest BCUT2D eigenvalue weighted by Crippen LogP contribution is -2.42. The molecule has 0 bridgehead atoms. The van der Waals surface area contributed by atoms with Crippen molar-refractivity contribution in [3.63, 3.8) is 0 Å². The van der Waals surface area contributed by atoms with E-state index in [4.69, 9.17) is 10.4 Å². The van der Waals surface area contributed by atoms with E-state index in [-0.39, 0.29) is 12.2 Å². The maximum absolute atomic E-state index is 13.0. The molecule has 0 spiro atoms. The third kappa shape index (κ3) is 4.45. The van der Waals surface area contributed by atoms with E-state index in [1.165, 1.54) is 11.3 Å². The number of nitrogens with one attached hydrogen (secondary N) is 2. The Hall–Kier alpha value is -2.59. The Morgan fingerprint density at radius 2 is 2.29 bits per heavy atom. The number of hydrogen-bond donors (Lipinski definition) is 4. The van der Waals surface area contributed by atoms with E-state index >= 15 is 0 Å². The Morgan fingerprint density at radius 3 is 2.96 bits per heavy atom. The average Bonchev–Trinajstić information content (AvgIpc) is 3.07. The maximum Gasteiger partial charge on any atom is 0.526 e. The van der Waals surface area contributed by atoms with Crippen molar-refractivity contribution in [2.45, 2.75) is 38.5 Å². The molecule has 0 saturated heterocycles. The van der Waals surface area contributed by atoms with Gasteiger partial charge in [-0.15, -0.1) is 11.3 Å². The van der Waals surface area contributed by atoms with Gasteiger partial charge in [-0.05, 0) is 31.4 Å². The number of fused-ring (bicyclic) bond motifs is 1. The van der Waals surface area contributed by atoms with E-state index in [2.05, 4.69) is 15.6 Å². The van der Waals surface area contributed by atoms with Crippen molar-refractivity contribution in [1.29, 1.82) is 0 Å². The number of rotatable bonds is 6. The number of amides is 2. The number of hydrogen-bond acceptors (Lipinski definition) is 7. The summed E-state index contributed by atoms with van der Waals surface area (Å²) in [6.45, 7) is 4.12. The molecule has 1 aliphatic heterocycles. The lowest BCUT2D eigenvalue weighted by atomic mass is 9.64. The Balaban J connectivity index is 1.76. The Kier molecular flexibility index (Phi) is 6.20. The van der Waals surface area contributed by atoms with Gasteiger partial charge in [0, 0.05) is 24.2 Å². The molecular formula is C18H23BN4O4S. The average molecular weight is 402 g/mol. The molecule has 8 nitrogen and oxygen atoms in total. The molecule has 0 radical (unpaired) electrons. The monoisotopic (exact) mass is 402 g/mol. The van der Waals surface area contributed by atoms with Crippen LogP contribution in [-0.2, 0) is 11.2 Å². The first-order valence-electron chi connectivity index (χ1n) is 9.10. The fourth-order valence-corrected chi connectivity index (χ4v) is 3.88. The maximum atomic E-state index is 13.0. The topological polar surface area (TPSA) is 127 Å². The van der Waals surface area contributed by atoms with Crippen LogP contribution in [0.3, 0.4) is 0 Å². The van der Waals surface area contributed by atoms with Gasteiger partial charge in [-0.25, -0.2) is 9.78 Å². The Morgan fingerprint density at radius 1 is 1.50 bits per heavy atom. The van der Waals surface area contributed by atoms with Crippen LogP contribution in [0.15, 0.2) is 23.6 Å². The van der Waals surface area contributed by atoms with E-state index < -0.39 is 25.0 Å². The quantitative estimate of drug-likeness (QED) is 0.546. The van der Waals surface area contributed by atoms with Gasteiger partial charge in [0.1, 0.15) is 11.8 Å². The zero-order valence-electron chi connectivity index (χ0n) is 15.8. The molecule has 0 aliphatic carbocycles. The van der Waals surface area contributed by atoms with E-state index in [1.54, 1.807) is 12.3 Å². The predicted molar refractivity (Wildman–Crippen MR) is 108 cm³/mol. The molecule has 1 aromatic heterocycles. The Labute approximate surface area is 167 Å². The smallest absolute Gasteiger partial charge is 0.526 e. The van der Waals surface area contributed by atoms with Crippen LogP contribution in [0.5, 0.6) is 5.75 Å². The Bertz CT molecular complexity index is 875. The summed E-state index contributed by atoms with van der Waals surface area (Å²) in [4.78, 5) is 29.1. The van der Waals surface area contributed by atoms with Crippen LogP contribution in [0.25, 0.3) is 0 Å². The molecule has 148 valence electrons. The van der Waals surface area contributed by atoms with Crippen molar-refractivity contribution in [1.82, 2.24) is 15.6 Å². The summed E-state index contributed by atoms with van der Waals surface area (Å²) in [5.41, 5.74) is 7.97. The molecule has 0 saturated carbocycles. The van der Waals surface area contributed by atoms with Crippen molar-refractivity contribution < 1.29 is 19.3 Å². The summed E-state index contributed by atoms with van der Waals surface area (Å²) < 4.78 is 5.66. The lowest BCUT2D eigenvalue weighted by molar-refractivity contribution is -0.121. The first kappa shape index (κ1) is 20.2. The van der Waals surface area contributed by atoms with Crippen molar-refractivity contribution in [2.24, 2.45) is 0 Å². The standard InChI is InChI=1S/C18H23BN4O4S/c1-3-21-18(25)23-15(13-9-28-17(20)22-13)14(24)8-12-7-11-6-4-5-10(2)16(11)27-19(12)26/h4-6,9,12,15,26H,3,7-8H2,1-2H3,(H2,20,22)(H2,21,23,25)/t12-,15?/m1/s1. The van der Waals surface area contributed by atoms with E-state index in [9.17, 15) is 14.6 Å². The highest BCUT2D eigenvalue weighted by molar-refractivity contribution is 7.13. The molecule has 1 unspecified atom stereocenters. The minimum Gasteiger partial charge on any atom is -0.536 e. The largest absolute Gasteiger partial charge is 0.536 e. The molecule has 2 heterocycles. The zero-order chi connectivity index (χ0) is 20.3. The number of aryl methyl sites for hydroxylation is 1. The number of aromatic nitrogens is 1. The van der Waals surface area contributed by atoms with Gasteiger partial charge in [0.05, 0.1) is 5.69 Å². The third-order valence-corrected chi connectivity index (χ3v) is 5.34. The highest BCUT2D eigenvalue weighted by atomic mass is 32.1. The summed E-state index contributed by atoms with van der Waals surface area (Å²) in [5, 5.41) is 17.6. The zero-order valence-corrected chi connectivity index (χ0v) is 16.6. The molecule has 10 heteroatoms. The molecule has 0 fully saturated rings. The normalized spacial score (nSPS) is 16.7. The number of para-hydroxylation sites is 1. The van der Waals surface area contributed by atoms with E-state index in [0.29, 0.717) is 29.5 Å². The second kappa shape index (κ2) is 8.62. The molecule has 1 aliphatic rings. The fraction of sp³-hybridized carbons (Fsp3) is 0.389. The minimum atomic E-state index is -1.09. The molecule has 2 amide bonds. The van der Waals surface area contributed by atoms with Crippen molar-refractivity contribution >= 4 is 35.4 Å². The molecule has 3 rings (SSSR count). The summed E-state index contributed by atoms with van der Waals surface area (Å²) >= 11 is 1.20. The summed E-state index contributed by atoms with van der Waals surface area (Å²) in [5.74, 6) is -0.0143. The van der Waals surface area contributed by atoms with Gasteiger partial charge < -0.3 is 26.0 Å². The number of nitrogen functional groups attached to an aromatic ring is 1. The summed E-state index contributed by atoms with van der Waals surface area (Å²) in [6.07, 6.45) is 0.542. The second-order valence-corrected chi connectivity index (χ2v) is 7.64. The van der Waals surface area contributed by atoms with Gasteiger partial charge >= 0.3 is 13.1 Å². The first-order valence-corrected chi connectivity index (χ1v) is 9.98. The third-order valence-electron chi connectivity index (χ3n) is 4.65. The molecular weight excluding hydrogens is 379 g/mol. The summed E-state index contributed by atoms with van der Waals surface area (Å²) in [7, 11) is -1.09. The van der Waals surface area contributed by atoms with Crippen LogP contribution in [-0.4, -0.2) is 35.5 Å². The fourth-order valence-electron chi connectivity index (χ4n) is 3.29. The highest BCUT2D eigenvalue weighted by Crippen LogP contribution is 2.36. The predicted octanol–water partition coefficient (Wildman–Crippen LogP) is 1.84. The number of ketones is 1. The van der Waals surface area contributed by atoms with Crippen LogP contribution < -0.4 is 21.0 Å². The number of Topliss-reactive ketones (excluding diaryl/α,β-unsaturated/α-hetero) is 1. The van der Waals surface area contributed by atoms with Crippen LogP contribution in [0, 0.1) is 6.92 Å². The van der Waals surface area contributed by atoms with E-state index in [0.717, 1.165) is 11.1 Å². The molecule has 5 N–H and O–H groups in total. The van der Waals surface area contributed by atoms with Crippen LogP contribution >= 0.6 is 11.3 Å². The minimum absolute atomic E-state index is 0.0308. The SMILES string of the molecule is CCNC(=O)NC(C(=O)C[C@H]1Cc2cccc(C)c2OB1O)c1csc(N)n1. The van der Waals surface area contributed by atoms with Gasteiger partial charge in [0.25, 0.3) is 0 Å². The number of anilines is 1. The molecule has 28 heavy (non-hydrogen) atoms. The molecule has 2 aromatic rings. The van der Waals surface area contributed by atoms with Crippen molar-refractivity contribution in [2.75, 3.05) is 12.3 Å². The van der Waals surface area contributed by atoms with Crippen LogP contribution in [0.4, 0.5) is 9.93 Å². The van der Waals surface area contributed by atoms with Gasteiger partial charge in [-0.3, -0.25) is 4.79 Å². The number of carbonyl (C=O) groups is 2. The molecule has 2 atom stereocenters. The number of thiazole rings is 1. The van der Waals surface area contributed by atoms with Gasteiger partial charge in [0.2, 0.25) is 0 Å². The number of nitrogens with two attached hydrogens (primary N) is 1. The van der Waals surface area contributed by atoms with Gasteiger partial charge in [0.15, 0.2) is 10.9 Å². The summed E-state index contributed by atoms with van der Waals surface area (Å²) in [6, 6.07) is 4.36. The lowest BCUT2D eigenvalue weighted by Gasteiger charge is -2.29. The van der Waals surface area contributed by atoms with Crippen molar-refractivity contribution in [3.8, 4) is 5.75 Å². The number of nitrogens with zero attached hydrogens (tertiary/aromatic N) is 1. The van der Waals surface area contributed by atoms with Gasteiger partial charge in [-0.2, -0.15) is 0 Å². The van der Waals surface area contributed by atoms with E-state index in [1.807, 2.05) is 25.1 Å². The number of benzene rings is 1. The first-order chi connectivity index (χ1) is 13.4. The number of carbonyl (C=O) groups excluding carboxylic acids is 2. The second-order valence-electron chi connectivity index (χ2n) is 6.75.